The zero-order valence-corrected chi connectivity index (χ0v) is 12.3. The molecule has 18 heavy (non-hydrogen) atoms. The molecule has 0 aromatic carbocycles. The Bertz CT molecular complexity index is 441. The van der Waals surface area contributed by atoms with E-state index in [1.807, 2.05) is 13.8 Å². The van der Waals surface area contributed by atoms with Crippen molar-refractivity contribution in [3.05, 3.63) is 16.3 Å². The molecule has 1 aromatic heterocycles. The van der Waals surface area contributed by atoms with Crippen LogP contribution in [-0.4, -0.2) is 41.3 Å². The lowest BCUT2D eigenvalue weighted by atomic mass is 9.75. The van der Waals surface area contributed by atoms with E-state index in [0.29, 0.717) is 5.15 Å². The van der Waals surface area contributed by atoms with Crippen molar-refractivity contribution in [3.8, 4) is 0 Å². The molecule has 4 nitrogen and oxygen atoms in total. The molecule has 0 amide bonds. The minimum atomic E-state index is 0.279. The van der Waals surface area contributed by atoms with E-state index in [9.17, 15) is 0 Å². The van der Waals surface area contributed by atoms with Gasteiger partial charge in [-0.05, 0) is 58.3 Å². The lowest BCUT2D eigenvalue weighted by Crippen LogP contribution is -2.54. The van der Waals surface area contributed by atoms with Crippen molar-refractivity contribution in [2.45, 2.75) is 38.6 Å². The van der Waals surface area contributed by atoms with E-state index in [0.717, 1.165) is 23.5 Å². The number of hydrogen-bond donors (Lipinski definition) is 1. The highest BCUT2D eigenvalue weighted by atomic mass is 35.5. The van der Waals surface area contributed by atoms with Gasteiger partial charge < -0.3 is 10.2 Å². The minimum Gasteiger partial charge on any atom is -0.366 e. The normalized spacial score (nSPS) is 17.7. The Kier molecular flexibility index (Phi) is 3.78. The molecule has 1 aromatic rings. The Morgan fingerprint density at radius 1 is 1.22 bits per heavy atom. The monoisotopic (exact) mass is 268 g/mol. The highest BCUT2D eigenvalue weighted by molar-refractivity contribution is 6.30. The molecule has 0 spiro atoms. The first-order valence-electron chi connectivity index (χ1n) is 6.37. The van der Waals surface area contributed by atoms with Gasteiger partial charge in [0, 0.05) is 12.1 Å². The second-order valence-electron chi connectivity index (χ2n) is 5.42. The van der Waals surface area contributed by atoms with Crippen molar-refractivity contribution in [3.63, 3.8) is 0 Å². The summed E-state index contributed by atoms with van der Waals surface area (Å²) in [5.74, 6) is 0.852. The van der Waals surface area contributed by atoms with E-state index in [2.05, 4.69) is 34.5 Å². The van der Waals surface area contributed by atoms with Gasteiger partial charge >= 0.3 is 0 Å². The lowest BCUT2D eigenvalue weighted by Gasteiger charge is -2.47. The Morgan fingerprint density at radius 2 is 1.89 bits per heavy atom. The molecule has 1 aliphatic rings. The smallest absolute Gasteiger partial charge is 0.155 e. The molecule has 1 heterocycles. The van der Waals surface area contributed by atoms with Gasteiger partial charge in [-0.1, -0.05) is 11.6 Å². The highest BCUT2D eigenvalue weighted by Gasteiger charge is 2.38. The van der Waals surface area contributed by atoms with Crippen molar-refractivity contribution in [2.75, 3.05) is 26.0 Å². The number of aromatic nitrogens is 2. The Balaban J connectivity index is 2.09. The van der Waals surface area contributed by atoms with Gasteiger partial charge in [-0.3, -0.25) is 0 Å². The summed E-state index contributed by atoms with van der Waals surface area (Å²) < 4.78 is 0. The largest absolute Gasteiger partial charge is 0.366 e. The number of halogens is 1. The third kappa shape index (κ3) is 2.31. The van der Waals surface area contributed by atoms with Gasteiger partial charge in [-0.25, -0.2) is 0 Å². The highest BCUT2D eigenvalue weighted by Crippen LogP contribution is 2.36. The van der Waals surface area contributed by atoms with Crippen molar-refractivity contribution in [2.24, 2.45) is 0 Å². The summed E-state index contributed by atoms with van der Waals surface area (Å²) in [6.07, 6.45) is 3.79. The van der Waals surface area contributed by atoms with Gasteiger partial charge in [0.2, 0.25) is 0 Å². The van der Waals surface area contributed by atoms with Gasteiger partial charge in [0.15, 0.2) is 11.0 Å². The number of rotatable bonds is 4. The topological polar surface area (TPSA) is 41.1 Å². The van der Waals surface area contributed by atoms with Crippen molar-refractivity contribution < 1.29 is 0 Å². The average Bonchev–Trinajstić information content (AvgIpc) is 2.27. The predicted molar refractivity (Wildman–Crippen MR) is 75.3 cm³/mol. The fraction of sp³-hybridized carbons (Fsp3) is 0.692. The van der Waals surface area contributed by atoms with Gasteiger partial charge in [0.05, 0.1) is 0 Å². The summed E-state index contributed by atoms with van der Waals surface area (Å²) in [6.45, 7) is 4.92. The molecule has 0 bridgehead atoms. The Hall–Kier alpha value is -0.870. The molecule has 1 saturated carbocycles. The molecular formula is C13H21ClN4. The van der Waals surface area contributed by atoms with Crippen LogP contribution >= 0.6 is 11.6 Å². The van der Waals surface area contributed by atoms with Crippen LogP contribution in [0.1, 0.15) is 30.4 Å². The van der Waals surface area contributed by atoms with Crippen LogP contribution < -0.4 is 5.32 Å². The van der Waals surface area contributed by atoms with Gasteiger partial charge in [0.25, 0.3) is 0 Å². The minimum absolute atomic E-state index is 0.279. The zero-order chi connectivity index (χ0) is 13.3. The second kappa shape index (κ2) is 5.02. The molecule has 2 rings (SSSR count). The molecule has 100 valence electrons. The SMILES string of the molecule is Cc1c(Cl)nnc(NCC2(N(C)C)CCC2)c1C. The van der Waals surface area contributed by atoms with E-state index in [-0.39, 0.29) is 5.54 Å². The summed E-state index contributed by atoms with van der Waals surface area (Å²) in [6, 6.07) is 0. The molecular weight excluding hydrogens is 248 g/mol. The maximum Gasteiger partial charge on any atom is 0.155 e. The fourth-order valence-electron chi connectivity index (χ4n) is 2.36. The second-order valence-corrected chi connectivity index (χ2v) is 5.77. The number of likely N-dealkylation sites (N-methyl/N-ethyl adjacent to an activating group) is 1. The summed E-state index contributed by atoms with van der Waals surface area (Å²) in [5, 5.41) is 12.0. The van der Waals surface area contributed by atoms with Crippen molar-refractivity contribution in [1.29, 1.82) is 0 Å². The summed E-state index contributed by atoms with van der Waals surface area (Å²) >= 11 is 5.96. The average molecular weight is 269 g/mol. The lowest BCUT2D eigenvalue weighted by molar-refractivity contribution is 0.0738. The Labute approximate surface area is 114 Å². The van der Waals surface area contributed by atoms with Crippen LogP contribution in [0, 0.1) is 13.8 Å². The molecule has 0 saturated heterocycles. The van der Waals surface area contributed by atoms with Crippen LogP contribution in [0.5, 0.6) is 0 Å². The summed E-state index contributed by atoms with van der Waals surface area (Å²) in [7, 11) is 4.29. The van der Waals surface area contributed by atoms with Crippen LogP contribution in [0.25, 0.3) is 0 Å². The van der Waals surface area contributed by atoms with E-state index in [1.54, 1.807) is 0 Å². The van der Waals surface area contributed by atoms with E-state index >= 15 is 0 Å². The van der Waals surface area contributed by atoms with Crippen molar-refractivity contribution in [1.82, 2.24) is 15.1 Å². The molecule has 5 heteroatoms. The van der Waals surface area contributed by atoms with Gasteiger partial charge in [-0.15, -0.1) is 10.2 Å². The Morgan fingerprint density at radius 3 is 2.39 bits per heavy atom. The number of anilines is 1. The molecule has 1 aliphatic carbocycles. The number of nitrogens with one attached hydrogen (secondary N) is 1. The quantitative estimate of drug-likeness (QED) is 0.912. The predicted octanol–water partition coefficient (Wildman–Crippen LogP) is 2.64. The van der Waals surface area contributed by atoms with Crippen molar-refractivity contribution >= 4 is 17.4 Å². The molecule has 1 N–H and O–H groups in total. The number of hydrogen-bond acceptors (Lipinski definition) is 4. The van der Waals surface area contributed by atoms with Crippen LogP contribution in [-0.2, 0) is 0 Å². The van der Waals surface area contributed by atoms with Crippen LogP contribution in [0.15, 0.2) is 0 Å². The molecule has 0 atom stereocenters. The summed E-state index contributed by atoms with van der Waals surface area (Å²) in [5.41, 5.74) is 2.37. The third-order valence-corrected chi connectivity index (χ3v) is 4.64. The maximum absolute atomic E-state index is 5.96. The van der Waals surface area contributed by atoms with Crippen LogP contribution in [0.3, 0.4) is 0 Å². The van der Waals surface area contributed by atoms with E-state index in [4.69, 9.17) is 11.6 Å². The van der Waals surface area contributed by atoms with Gasteiger partial charge in [-0.2, -0.15) is 0 Å². The molecule has 0 aliphatic heterocycles. The first kappa shape index (κ1) is 13.6. The van der Waals surface area contributed by atoms with Gasteiger partial charge in [0.1, 0.15) is 0 Å². The third-order valence-electron chi connectivity index (χ3n) is 4.28. The zero-order valence-electron chi connectivity index (χ0n) is 11.5. The molecule has 1 fully saturated rings. The van der Waals surface area contributed by atoms with Crippen LogP contribution in [0.2, 0.25) is 5.15 Å². The van der Waals surface area contributed by atoms with Crippen LogP contribution in [0.4, 0.5) is 5.82 Å². The fourth-order valence-corrected chi connectivity index (χ4v) is 2.54. The number of nitrogens with zero attached hydrogens (tertiary/aromatic N) is 3. The molecule has 0 radical (unpaired) electrons. The van der Waals surface area contributed by atoms with E-state index < -0.39 is 0 Å². The first-order chi connectivity index (χ1) is 8.46. The molecule has 0 unspecified atom stereocenters. The standard InChI is InChI=1S/C13H21ClN4/c1-9-10(2)12(17-16-11(9)14)15-8-13(18(3)4)6-5-7-13/h5-8H2,1-4H3,(H,15,17). The van der Waals surface area contributed by atoms with E-state index in [1.165, 1.54) is 19.3 Å². The maximum atomic E-state index is 5.96. The summed E-state index contributed by atoms with van der Waals surface area (Å²) in [4.78, 5) is 2.31. The first-order valence-corrected chi connectivity index (χ1v) is 6.75.